The maximum atomic E-state index is 12.5. The number of likely N-dealkylation sites (tertiary alicyclic amines) is 1. The number of pyridine rings is 1. The predicted octanol–water partition coefficient (Wildman–Crippen LogP) is 1.44. The zero-order chi connectivity index (χ0) is 14.7. The molecule has 1 aliphatic heterocycles. The van der Waals surface area contributed by atoms with Gasteiger partial charge in [0, 0.05) is 24.3 Å². The Bertz CT molecular complexity index is 512. The molecule has 0 radical (unpaired) electrons. The van der Waals surface area contributed by atoms with E-state index in [2.05, 4.69) is 24.0 Å². The molecule has 1 fully saturated rings. The molecule has 0 bridgehead atoms. The van der Waals surface area contributed by atoms with Gasteiger partial charge in [0.1, 0.15) is 5.69 Å². The molecule has 2 rings (SSSR count). The number of aromatic nitrogens is 1. The number of amidine groups is 1. The Morgan fingerprint density at radius 1 is 1.50 bits per heavy atom. The lowest BCUT2D eigenvalue weighted by Crippen LogP contribution is -2.46. The topological polar surface area (TPSA) is 91.8 Å². The van der Waals surface area contributed by atoms with Gasteiger partial charge in [0.25, 0.3) is 5.91 Å². The molecule has 1 aromatic heterocycles. The van der Waals surface area contributed by atoms with Crippen molar-refractivity contribution in [3.8, 4) is 0 Å². The highest BCUT2D eigenvalue weighted by Crippen LogP contribution is 2.24. The predicted molar refractivity (Wildman–Crippen MR) is 75.6 cm³/mol. The van der Waals surface area contributed by atoms with Crippen LogP contribution in [0.25, 0.3) is 0 Å². The Hall–Kier alpha value is -2.11. The Balaban J connectivity index is 2.17. The van der Waals surface area contributed by atoms with E-state index in [0.29, 0.717) is 17.2 Å². The molecule has 3 N–H and O–H groups in total. The fraction of sp³-hybridized carbons (Fsp3) is 0.500. The second-order valence-corrected chi connectivity index (χ2v) is 5.28. The lowest BCUT2D eigenvalue weighted by molar-refractivity contribution is 0.0545. The average Bonchev–Trinajstić information content (AvgIpc) is 2.48. The highest BCUT2D eigenvalue weighted by Gasteiger charge is 2.29. The smallest absolute Gasteiger partial charge is 0.272 e. The molecular weight excluding hydrogens is 256 g/mol. The first-order chi connectivity index (χ1) is 9.54. The van der Waals surface area contributed by atoms with Gasteiger partial charge in [0.05, 0.1) is 0 Å². The van der Waals surface area contributed by atoms with Gasteiger partial charge in [-0.3, -0.25) is 9.78 Å². The summed E-state index contributed by atoms with van der Waals surface area (Å²) >= 11 is 0. The molecule has 0 saturated carbocycles. The number of rotatable bonds is 2. The summed E-state index contributed by atoms with van der Waals surface area (Å²) in [5.74, 6) is 0.427. The van der Waals surface area contributed by atoms with Crippen LogP contribution in [0, 0.1) is 5.92 Å². The number of oxime groups is 1. The first kappa shape index (κ1) is 14.3. The van der Waals surface area contributed by atoms with Crippen LogP contribution < -0.4 is 5.73 Å². The van der Waals surface area contributed by atoms with Gasteiger partial charge >= 0.3 is 0 Å². The van der Waals surface area contributed by atoms with E-state index in [1.165, 1.54) is 6.20 Å². The quantitative estimate of drug-likeness (QED) is 0.370. The largest absolute Gasteiger partial charge is 0.409 e. The third kappa shape index (κ3) is 2.74. The number of hydrogen-bond acceptors (Lipinski definition) is 4. The molecule has 108 valence electrons. The number of nitrogens with two attached hydrogens (primary N) is 1. The van der Waals surface area contributed by atoms with E-state index in [0.717, 1.165) is 19.4 Å². The number of piperidine rings is 1. The van der Waals surface area contributed by atoms with Gasteiger partial charge < -0.3 is 15.8 Å². The van der Waals surface area contributed by atoms with Crippen molar-refractivity contribution in [1.82, 2.24) is 9.88 Å². The maximum absolute atomic E-state index is 12.5. The van der Waals surface area contributed by atoms with Crippen LogP contribution in [0.5, 0.6) is 0 Å². The lowest BCUT2D eigenvalue weighted by atomic mass is 9.92. The van der Waals surface area contributed by atoms with Gasteiger partial charge in [-0.05, 0) is 37.8 Å². The minimum Gasteiger partial charge on any atom is -0.409 e. The molecule has 2 atom stereocenters. The van der Waals surface area contributed by atoms with Crippen LogP contribution in [0.3, 0.4) is 0 Å². The third-order valence-corrected chi connectivity index (χ3v) is 4.02. The van der Waals surface area contributed by atoms with Crippen LogP contribution in [0.2, 0.25) is 0 Å². The first-order valence-corrected chi connectivity index (χ1v) is 6.79. The van der Waals surface area contributed by atoms with E-state index >= 15 is 0 Å². The number of carbonyl (C=O) groups excluding carboxylic acids is 1. The molecule has 20 heavy (non-hydrogen) atoms. The van der Waals surface area contributed by atoms with Crippen molar-refractivity contribution in [3.05, 3.63) is 29.6 Å². The van der Waals surface area contributed by atoms with Crippen molar-refractivity contribution in [2.75, 3.05) is 6.54 Å². The molecule has 6 heteroatoms. The average molecular weight is 276 g/mol. The molecule has 2 unspecified atom stereocenters. The summed E-state index contributed by atoms with van der Waals surface area (Å²) in [7, 11) is 0. The Kier molecular flexibility index (Phi) is 4.22. The van der Waals surface area contributed by atoms with Crippen molar-refractivity contribution in [2.24, 2.45) is 16.8 Å². The minimum atomic E-state index is -0.0601. The third-order valence-electron chi connectivity index (χ3n) is 4.02. The molecule has 1 amide bonds. The monoisotopic (exact) mass is 276 g/mol. The van der Waals surface area contributed by atoms with E-state index in [9.17, 15) is 4.79 Å². The minimum absolute atomic E-state index is 0.0172. The maximum Gasteiger partial charge on any atom is 0.272 e. The second kappa shape index (κ2) is 5.90. The second-order valence-electron chi connectivity index (χ2n) is 5.28. The van der Waals surface area contributed by atoms with E-state index in [-0.39, 0.29) is 17.8 Å². The van der Waals surface area contributed by atoms with Crippen LogP contribution in [0.15, 0.2) is 23.5 Å². The van der Waals surface area contributed by atoms with Gasteiger partial charge in [0.15, 0.2) is 5.84 Å². The lowest BCUT2D eigenvalue weighted by Gasteiger charge is -2.37. The number of hydrogen-bond donors (Lipinski definition) is 2. The number of nitrogens with zero attached hydrogens (tertiary/aromatic N) is 3. The molecule has 1 aliphatic rings. The van der Waals surface area contributed by atoms with Gasteiger partial charge in [-0.25, -0.2) is 0 Å². The van der Waals surface area contributed by atoms with Crippen LogP contribution >= 0.6 is 0 Å². The van der Waals surface area contributed by atoms with E-state index in [4.69, 9.17) is 10.9 Å². The first-order valence-electron chi connectivity index (χ1n) is 6.79. The molecule has 1 aromatic rings. The highest BCUT2D eigenvalue weighted by molar-refractivity contribution is 5.98. The Morgan fingerprint density at radius 3 is 2.85 bits per heavy atom. The molecule has 6 nitrogen and oxygen atoms in total. The summed E-state index contributed by atoms with van der Waals surface area (Å²) in [5.41, 5.74) is 6.35. The SMILES string of the molecule is CC1CCCN(C(=O)c2ccc(C(N)=NO)cn2)C1C. The van der Waals surface area contributed by atoms with Crippen LogP contribution in [0.4, 0.5) is 0 Å². The van der Waals surface area contributed by atoms with Crippen molar-refractivity contribution in [3.63, 3.8) is 0 Å². The fourth-order valence-corrected chi connectivity index (χ4v) is 2.50. The van der Waals surface area contributed by atoms with Crippen molar-refractivity contribution in [2.45, 2.75) is 32.7 Å². The zero-order valence-electron chi connectivity index (χ0n) is 11.8. The summed E-state index contributed by atoms with van der Waals surface area (Å²) in [6.07, 6.45) is 3.63. The molecule has 0 aliphatic carbocycles. The van der Waals surface area contributed by atoms with Gasteiger partial charge in [-0.1, -0.05) is 12.1 Å². The van der Waals surface area contributed by atoms with Gasteiger partial charge in [-0.2, -0.15) is 0 Å². The zero-order valence-corrected chi connectivity index (χ0v) is 11.8. The van der Waals surface area contributed by atoms with Gasteiger partial charge in [0.2, 0.25) is 0 Å². The van der Waals surface area contributed by atoms with Crippen molar-refractivity contribution in [1.29, 1.82) is 0 Å². The molecule has 1 saturated heterocycles. The molecule has 2 heterocycles. The summed E-state index contributed by atoms with van der Waals surface area (Å²) in [5, 5.41) is 11.5. The van der Waals surface area contributed by atoms with Gasteiger partial charge in [-0.15, -0.1) is 0 Å². The Morgan fingerprint density at radius 2 is 2.25 bits per heavy atom. The number of amides is 1. The number of carbonyl (C=O) groups is 1. The van der Waals surface area contributed by atoms with E-state index in [1.807, 2.05) is 4.90 Å². The van der Waals surface area contributed by atoms with Crippen molar-refractivity contribution < 1.29 is 10.0 Å². The van der Waals surface area contributed by atoms with Crippen LogP contribution in [0.1, 0.15) is 42.7 Å². The molecule has 0 aromatic carbocycles. The van der Waals surface area contributed by atoms with Crippen LogP contribution in [-0.4, -0.2) is 39.4 Å². The normalized spacial score (nSPS) is 23.7. The van der Waals surface area contributed by atoms with Crippen molar-refractivity contribution >= 4 is 11.7 Å². The van der Waals surface area contributed by atoms with Crippen LogP contribution in [-0.2, 0) is 0 Å². The highest BCUT2D eigenvalue weighted by atomic mass is 16.4. The Labute approximate surface area is 118 Å². The van der Waals surface area contributed by atoms with E-state index in [1.54, 1.807) is 12.1 Å². The summed E-state index contributed by atoms with van der Waals surface area (Å²) in [6, 6.07) is 3.47. The summed E-state index contributed by atoms with van der Waals surface area (Å²) < 4.78 is 0. The van der Waals surface area contributed by atoms with E-state index < -0.39 is 0 Å². The molecular formula is C14H20N4O2. The fourth-order valence-electron chi connectivity index (χ4n) is 2.50. The summed E-state index contributed by atoms with van der Waals surface area (Å²) in [4.78, 5) is 18.5. The molecule has 0 spiro atoms. The summed E-state index contributed by atoms with van der Waals surface area (Å²) in [6.45, 7) is 5.01. The standard InChI is InChI=1S/C14H20N4O2/c1-9-4-3-7-18(10(9)2)14(19)12-6-5-11(8-16-12)13(15)17-20/h5-6,8-10,20H,3-4,7H2,1-2H3,(H2,15,17).